The molecule has 0 fully saturated rings. The summed E-state index contributed by atoms with van der Waals surface area (Å²) in [5.74, 6) is -0.0867. The number of amides is 1. The fourth-order valence-electron chi connectivity index (χ4n) is 2.12. The quantitative estimate of drug-likeness (QED) is 0.935. The first kappa shape index (κ1) is 14.8. The molecule has 0 spiro atoms. The van der Waals surface area contributed by atoms with Crippen molar-refractivity contribution in [3.63, 3.8) is 0 Å². The molecule has 2 aromatic rings. The van der Waals surface area contributed by atoms with E-state index in [9.17, 15) is 4.79 Å². The van der Waals surface area contributed by atoms with Crippen molar-refractivity contribution in [2.45, 2.75) is 26.8 Å². The number of nitrogens with zero attached hydrogens (tertiary/aromatic N) is 2. The smallest absolute Gasteiger partial charge is 0.252 e. The van der Waals surface area contributed by atoms with Crippen LogP contribution < -0.4 is 5.32 Å². The molecule has 1 aromatic heterocycles. The second-order valence-corrected chi connectivity index (χ2v) is 5.73. The van der Waals surface area contributed by atoms with Crippen molar-refractivity contribution in [2.75, 3.05) is 0 Å². The molecular formula is C15H18BrN3O. The zero-order valence-corrected chi connectivity index (χ0v) is 13.7. The molecule has 1 N–H and O–H groups in total. The number of carbonyl (C=O) groups is 1. The van der Waals surface area contributed by atoms with Gasteiger partial charge in [-0.15, -0.1) is 0 Å². The van der Waals surface area contributed by atoms with Crippen molar-refractivity contribution in [1.29, 1.82) is 0 Å². The van der Waals surface area contributed by atoms with Gasteiger partial charge in [0.25, 0.3) is 5.91 Å². The summed E-state index contributed by atoms with van der Waals surface area (Å²) in [6.45, 7) is 5.93. The standard InChI is InChI=1S/C15H18BrN3O/c1-9-6-5-7-12(14(9)16)15(20)18-10(2)13-8-17-19(4)11(13)3/h5-8,10H,1-4H3,(H,18,20). The van der Waals surface area contributed by atoms with Crippen molar-refractivity contribution in [1.82, 2.24) is 15.1 Å². The van der Waals surface area contributed by atoms with E-state index < -0.39 is 0 Å². The van der Waals surface area contributed by atoms with Gasteiger partial charge >= 0.3 is 0 Å². The van der Waals surface area contributed by atoms with Crippen LogP contribution in [0.5, 0.6) is 0 Å². The Hall–Kier alpha value is -1.62. The Balaban J connectivity index is 2.19. The van der Waals surface area contributed by atoms with E-state index in [-0.39, 0.29) is 11.9 Å². The van der Waals surface area contributed by atoms with Crippen LogP contribution in [-0.4, -0.2) is 15.7 Å². The van der Waals surface area contributed by atoms with Crippen molar-refractivity contribution in [2.24, 2.45) is 7.05 Å². The summed E-state index contributed by atoms with van der Waals surface area (Å²) >= 11 is 3.47. The summed E-state index contributed by atoms with van der Waals surface area (Å²) in [6, 6.07) is 5.59. The highest BCUT2D eigenvalue weighted by Crippen LogP contribution is 2.22. The van der Waals surface area contributed by atoms with E-state index in [1.807, 2.05) is 46.0 Å². The van der Waals surface area contributed by atoms with Gasteiger partial charge in [0.1, 0.15) is 0 Å². The number of aryl methyl sites for hydroxylation is 2. The number of carbonyl (C=O) groups excluding carboxylic acids is 1. The summed E-state index contributed by atoms with van der Waals surface area (Å²) in [5.41, 5.74) is 3.78. The zero-order chi connectivity index (χ0) is 14.9. The third kappa shape index (κ3) is 2.77. The molecule has 0 saturated carbocycles. The summed E-state index contributed by atoms with van der Waals surface area (Å²) in [6.07, 6.45) is 1.80. The van der Waals surface area contributed by atoms with Crippen LogP contribution in [0.4, 0.5) is 0 Å². The molecule has 0 radical (unpaired) electrons. The van der Waals surface area contributed by atoms with Crippen LogP contribution in [0.3, 0.4) is 0 Å². The fourth-order valence-corrected chi connectivity index (χ4v) is 2.56. The maximum atomic E-state index is 12.4. The molecule has 0 aliphatic rings. The van der Waals surface area contributed by atoms with Gasteiger partial charge in [0.05, 0.1) is 17.8 Å². The van der Waals surface area contributed by atoms with E-state index in [2.05, 4.69) is 26.3 Å². The Labute approximate surface area is 127 Å². The van der Waals surface area contributed by atoms with Crippen LogP contribution in [0.15, 0.2) is 28.9 Å². The summed E-state index contributed by atoms with van der Waals surface area (Å²) in [7, 11) is 1.89. The van der Waals surface area contributed by atoms with Gasteiger partial charge in [-0.1, -0.05) is 12.1 Å². The average Bonchev–Trinajstić information content (AvgIpc) is 2.73. The Bertz CT molecular complexity index is 649. The lowest BCUT2D eigenvalue weighted by molar-refractivity contribution is 0.0939. The minimum absolute atomic E-state index is 0.0800. The molecule has 1 unspecified atom stereocenters. The number of benzene rings is 1. The molecule has 0 bridgehead atoms. The van der Waals surface area contributed by atoms with Gasteiger partial charge in [-0.3, -0.25) is 9.48 Å². The minimum Gasteiger partial charge on any atom is -0.345 e. The van der Waals surface area contributed by atoms with Gasteiger partial charge in [0, 0.05) is 22.8 Å². The molecule has 2 rings (SSSR count). The molecule has 1 atom stereocenters. The third-order valence-electron chi connectivity index (χ3n) is 3.52. The maximum absolute atomic E-state index is 12.4. The summed E-state index contributed by atoms with van der Waals surface area (Å²) in [4.78, 5) is 12.4. The molecular weight excluding hydrogens is 318 g/mol. The third-order valence-corrected chi connectivity index (χ3v) is 4.58. The van der Waals surface area contributed by atoms with Gasteiger partial charge in [-0.2, -0.15) is 5.10 Å². The zero-order valence-electron chi connectivity index (χ0n) is 12.1. The Morgan fingerprint density at radius 3 is 2.70 bits per heavy atom. The van der Waals surface area contributed by atoms with Crippen molar-refractivity contribution in [3.8, 4) is 0 Å². The lowest BCUT2D eigenvalue weighted by Crippen LogP contribution is -2.27. The molecule has 20 heavy (non-hydrogen) atoms. The fraction of sp³-hybridized carbons (Fsp3) is 0.333. The van der Waals surface area contributed by atoms with Crippen molar-refractivity contribution < 1.29 is 4.79 Å². The summed E-state index contributed by atoms with van der Waals surface area (Å²) in [5, 5.41) is 7.22. The van der Waals surface area contributed by atoms with E-state index in [0.29, 0.717) is 5.56 Å². The van der Waals surface area contributed by atoms with E-state index in [1.54, 1.807) is 10.9 Å². The molecule has 1 heterocycles. The highest BCUT2D eigenvalue weighted by molar-refractivity contribution is 9.10. The number of halogens is 1. The van der Waals surface area contributed by atoms with Crippen LogP contribution in [0.25, 0.3) is 0 Å². The van der Waals surface area contributed by atoms with Crippen LogP contribution in [0, 0.1) is 13.8 Å². The minimum atomic E-state index is -0.0867. The Morgan fingerprint density at radius 1 is 1.40 bits per heavy atom. The SMILES string of the molecule is Cc1cccc(C(=O)NC(C)c2cnn(C)c2C)c1Br. The van der Waals surface area contributed by atoms with Crippen LogP contribution in [0.1, 0.15) is 40.1 Å². The molecule has 0 aliphatic heterocycles. The number of rotatable bonds is 3. The Kier molecular flexibility index (Phi) is 4.28. The molecule has 1 amide bonds. The van der Waals surface area contributed by atoms with E-state index in [1.165, 1.54) is 0 Å². The highest BCUT2D eigenvalue weighted by atomic mass is 79.9. The number of aromatic nitrogens is 2. The molecule has 0 saturated heterocycles. The monoisotopic (exact) mass is 335 g/mol. The lowest BCUT2D eigenvalue weighted by atomic mass is 10.1. The molecule has 1 aromatic carbocycles. The lowest BCUT2D eigenvalue weighted by Gasteiger charge is -2.15. The second-order valence-electron chi connectivity index (χ2n) is 4.94. The first-order valence-electron chi connectivity index (χ1n) is 6.46. The predicted octanol–water partition coefficient (Wildman–Crippen LogP) is 3.29. The van der Waals surface area contributed by atoms with Gasteiger partial charge < -0.3 is 5.32 Å². The van der Waals surface area contributed by atoms with Crippen LogP contribution in [-0.2, 0) is 7.05 Å². The van der Waals surface area contributed by atoms with Gasteiger partial charge in [0.15, 0.2) is 0 Å². The number of nitrogens with one attached hydrogen (secondary N) is 1. The van der Waals surface area contributed by atoms with E-state index in [0.717, 1.165) is 21.3 Å². The molecule has 4 nitrogen and oxygen atoms in total. The predicted molar refractivity (Wildman–Crippen MR) is 82.7 cm³/mol. The van der Waals surface area contributed by atoms with Crippen molar-refractivity contribution in [3.05, 3.63) is 51.3 Å². The van der Waals surface area contributed by atoms with E-state index in [4.69, 9.17) is 0 Å². The first-order chi connectivity index (χ1) is 9.41. The van der Waals surface area contributed by atoms with Crippen molar-refractivity contribution >= 4 is 21.8 Å². The second kappa shape index (κ2) is 5.79. The van der Waals surface area contributed by atoms with Gasteiger partial charge in [-0.25, -0.2) is 0 Å². The summed E-state index contributed by atoms with van der Waals surface area (Å²) < 4.78 is 2.65. The average molecular weight is 336 g/mol. The normalized spacial score (nSPS) is 12.2. The first-order valence-corrected chi connectivity index (χ1v) is 7.25. The maximum Gasteiger partial charge on any atom is 0.252 e. The number of hydrogen-bond acceptors (Lipinski definition) is 2. The highest BCUT2D eigenvalue weighted by Gasteiger charge is 2.17. The number of hydrogen-bond donors (Lipinski definition) is 1. The van der Waals surface area contributed by atoms with Crippen LogP contribution in [0.2, 0.25) is 0 Å². The topological polar surface area (TPSA) is 46.9 Å². The van der Waals surface area contributed by atoms with Gasteiger partial charge in [0.2, 0.25) is 0 Å². The largest absolute Gasteiger partial charge is 0.345 e. The van der Waals surface area contributed by atoms with Gasteiger partial charge in [-0.05, 0) is 48.3 Å². The molecule has 106 valence electrons. The molecule has 0 aliphatic carbocycles. The van der Waals surface area contributed by atoms with Crippen LogP contribution >= 0.6 is 15.9 Å². The van der Waals surface area contributed by atoms with E-state index >= 15 is 0 Å². The molecule has 5 heteroatoms. The Morgan fingerprint density at radius 2 is 2.10 bits per heavy atom.